The number of hydrogen-bond acceptors (Lipinski definition) is 6. The Hall–Kier alpha value is -3.36. The van der Waals surface area contributed by atoms with Crippen molar-refractivity contribution >= 4 is 23.4 Å². The van der Waals surface area contributed by atoms with E-state index in [1.54, 1.807) is 19.1 Å². The van der Waals surface area contributed by atoms with Crippen LogP contribution in [0.25, 0.3) is 0 Å². The summed E-state index contributed by atoms with van der Waals surface area (Å²) in [7, 11) is 0. The lowest BCUT2D eigenvalue weighted by Gasteiger charge is -2.18. The van der Waals surface area contributed by atoms with Crippen molar-refractivity contribution in [1.82, 2.24) is 14.9 Å². The maximum Gasteiger partial charge on any atom is 0.305 e. The molecular formula is C20H25N5O4. The van der Waals surface area contributed by atoms with Gasteiger partial charge >= 0.3 is 5.97 Å². The highest BCUT2D eigenvalue weighted by Crippen LogP contribution is 2.19. The van der Waals surface area contributed by atoms with Crippen LogP contribution in [0, 0.1) is 6.92 Å². The van der Waals surface area contributed by atoms with E-state index in [4.69, 9.17) is 5.11 Å². The first-order valence-electron chi connectivity index (χ1n) is 9.59. The molecule has 0 fully saturated rings. The number of amides is 1. The largest absolute Gasteiger partial charge is 0.481 e. The van der Waals surface area contributed by atoms with Crippen LogP contribution in [-0.4, -0.2) is 39.6 Å². The second-order valence-corrected chi connectivity index (χ2v) is 6.97. The van der Waals surface area contributed by atoms with Gasteiger partial charge in [-0.25, -0.2) is 4.98 Å². The van der Waals surface area contributed by atoms with Crippen molar-refractivity contribution in [3.63, 3.8) is 0 Å². The Balaban J connectivity index is 1.66. The third-order valence-corrected chi connectivity index (χ3v) is 4.77. The maximum absolute atomic E-state index is 12.8. The van der Waals surface area contributed by atoms with E-state index in [1.807, 2.05) is 6.07 Å². The van der Waals surface area contributed by atoms with Crippen LogP contribution >= 0.6 is 0 Å². The highest BCUT2D eigenvalue weighted by atomic mass is 16.4. The van der Waals surface area contributed by atoms with E-state index < -0.39 is 11.9 Å². The number of aliphatic carboxylic acids is 1. The van der Waals surface area contributed by atoms with Gasteiger partial charge in [0, 0.05) is 18.8 Å². The molecule has 29 heavy (non-hydrogen) atoms. The van der Waals surface area contributed by atoms with E-state index in [0.29, 0.717) is 17.9 Å². The summed E-state index contributed by atoms with van der Waals surface area (Å²) in [5.41, 5.74) is 2.73. The number of anilines is 2. The van der Waals surface area contributed by atoms with Gasteiger partial charge < -0.3 is 25.6 Å². The second-order valence-electron chi connectivity index (χ2n) is 6.97. The van der Waals surface area contributed by atoms with Crippen molar-refractivity contribution in [2.45, 2.75) is 39.3 Å². The van der Waals surface area contributed by atoms with Gasteiger partial charge in [-0.05, 0) is 43.5 Å². The van der Waals surface area contributed by atoms with Crippen LogP contribution in [0.3, 0.4) is 0 Å². The van der Waals surface area contributed by atoms with Gasteiger partial charge in [0.1, 0.15) is 18.1 Å². The molecule has 1 aliphatic heterocycles. The molecule has 0 aliphatic carbocycles. The first-order chi connectivity index (χ1) is 13.9. The summed E-state index contributed by atoms with van der Waals surface area (Å²) in [5.74, 6) is -0.498. The molecule has 0 atom stereocenters. The Labute approximate surface area is 168 Å². The summed E-state index contributed by atoms with van der Waals surface area (Å²) >= 11 is 0. The molecular weight excluding hydrogens is 374 g/mol. The van der Waals surface area contributed by atoms with Crippen molar-refractivity contribution in [2.24, 2.45) is 0 Å². The highest BCUT2D eigenvalue weighted by Gasteiger charge is 2.13. The number of carbonyl (C=O) groups is 2. The van der Waals surface area contributed by atoms with Gasteiger partial charge in [0.2, 0.25) is 5.91 Å². The van der Waals surface area contributed by atoms with E-state index >= 15 is 0 Å². The van der Waals surface area contributed by atoms with Crippen LogP contribution in [0.2, 0.25) is 0 Å². The average molecular weight is 399 g/mol. The lowest BCUT2D eigenvalue weighted by molar-refractivity contribution is -0.136. The predicted octanol–water partition coefficient (Wildman–Crippen LogP) is 1.11. The molecule has 2 aromatic heterocycles. The Morgan fingerprint density at radius 3 is 2.90 bits per heavy atom. The molecule has 1 amide bonds. The van der Waals surface area contributed by atoms with Crippen LogP contribution in [0.15, 0.2) is 29.1 Å². The zero-order valence-corrected chi connectivity index (χ0v) is 16.3. The first-order valence-corrected chi connectivity index (χ1v) is 9.59. The molecule has 0 unspecified atom stereocenters. The van der Waals surface area contributed by atoms with Gasteiger partial charge in [-0.15, -0.1) is 0 Å². The molecule has 0 radical (unpaired) electrons. The fourth-order valence-corrected chi connectivity index (χ4v) is 3.16. The predicted molar refractivity (Wildman–Crippen MR) is 109 cm³/mol. The Morgan fingerprint density at radius 2 is 2.10 bits per heavy atom. The SMILES string of the molecule is Cc1ccc(NCc2ccc3c(n2)NCCC3)c(=O)n1CC(=O)NCCC(=O)O. The lowest BCUT2D eigenvalue weighted by Crippen LogP contribution is -2.35. The van der Waals surface area contributed by atoms with Crippen LogP contribution < -0.4 is 21.5 Å². The first kappa shape index (κ1) is 20.4. The third kappa shape index (κ3) is 5.34. The molecule has 4 N–H and O–H groups in total. The van der Waals surface area contributed by atoms with Crippen molar-refractivity contribution in [3.8, 4) is 0 Å². The zero-order valence-electron chi connectivity index (χ0n) is 16.3. The van der Waals surface area contributed by atoms with E-state index in [-0.39, 0.29) is 25.1 Å². The minimum atomic E-state index is -0.990. The minimum Gasteiger partial charge on any atom is -0.481 e. The summed E-state index contributed by atoms with van der Waals surface area (Å²) in [6, 6.07) is 7.45. The molecule has 0 saturated carbocycles. The molecule has 3 rings (SSSR count). The van der Waals surface area contributed by atoms with E-state index in [0.717, 1.165) is 30.9 Å². The fourth-order valence-electron chi connectivity index (χ4n) is 3.16. The summed E-state index contributed by atoms with van der Waals surface area (Å²) < 4.78 is 1.36. The van der Waals surface area contributed by atoms with Gasteiger partial charge in [-0.1, -0.05) is 6.07 Å². The number of nitrogens with zero attached hydrogens (tertiary/aromatic N) is 2. The maximum atomic E-state index is 12.8. The molecule has 1 aliphatic rings. The van der Waals surface area contributed by atoms with Crippen molar-refractivity contribution < 1.29 is 14.7 Å². The molecule has 3 heterocycles. The van der Waals surface area contributed by atoms with Gasteiger partial charge in [0.25, 0.3) is 5.56 Å². The number of carboxylic acid groups (broad SMARTS) is 1. The summed E-state index contributed by atoms with van der Waals surface area (Å²) in [5, 5.41) is 17.5. The van der Waals surface area contributed by atoms with Crippen molar-refractivity contribution in [2.75, 3.05) is 23.7 Å². The number of aryl methyl sites for hydroxylation is 2. The number of pyridine rings is 2. The van der Waals surface area contributed by atoms with Gasteiger partial charge in [0.15, 0.2) is 0 Å². The Kier molecular flexibility index (Phi) is 6.48. The number of hydrogen-bond donors (Lipinski definition) is 4. The molecule has 0 saturated heterocycles. The Bertz CT molecular complexity index is 970. The van der Waals surface area contributed by atoms with E-state index in [2.05, 4.69) is 27.0 Å². The van der Waals surface area contributed by atoms with Crippen LogP contribution in [-0.2, 0) is 29.1 Å². The van der Waals surface area contributed by atoms with Crippen molar-refractivity contribution in [3.05, 3.63) is 51.6 Å². The standard InChI is InChI=1S/C20H25N5O4/c1-13-4-7-16(20(29)25(13)12-17(26)21-10-8-18(27)28)23-11-15-6-5-14-3-2-9-22-19(14)24-15/h4-7,23H,2-3,8-12H2,1H3,(H,21,26)(H,22,24)(H,27,28). The zero-order chi connectivity index (χ0) is 20.8. The lowest BCUT2D eigenvalue weighted by atomic mass is 10.1. The topological polar surface area (TPSA) is 125 Å². The minimum absolute atomic E-state index is 0.0257. The van der Waals surface area contributed by atoms with Gasteiger partial charge in [-0.3, -0.25) is 14.4 Å². The number of fused-ring (bicyclic) bond motifs is 1. The summed E-state index contributed by atoms with van der Waals surface area (Å²) in [6.45, 7) is 2.90. The number of rotatable bonds is 8. The summed E-state index contributed by atoms with van der Waals surface area (Å²) in [4.78, 5) is 39.9. The monoisotopic (exact) mass is 399 g/mol. The molecule has 9 heteroatoms. The molecule has 154 valence electrons. The molecule has 2 aromatic rings. The average Bonchev–Trinajstić information content (AvgIpc) is 2.70. The molecule has 9 nitrogen and oxygen atoms in total. The number of nitrogens with one attached hydrogen (secondary N) is 3. The van der Waals surface area contributed by atoms with Gasteiger partial charge in [-0.2, -0.15) is 0 Å². The van der Waals surface area contributed by atoms with Crippen LogP contribution in [0.4, 0.5) is 11.5 Å². The van der Waals surface area contributed by atoms with Crippen LogP contribution in [0.1, 0.15) is 29.8 Å². The van der Waals surface area contributed by atoms with E-state index in [9.17, 15) is 14.4 Å². The highest BCUT2D eigenvalue weighted by molar-refractivity contribution is 5.76. The smallest absolute Gasteiger partial charge is 0.305 e. The Morgan fingerprint density at radius 1 is 1.28 bits per heavy atom. The van der Waals surface area contributed by atoms with Gasteiger partial charge in [0.05, 0.1) is 18.7 Å². The molecule has 0 bridgehead atoms. The van der Waals surface area contributed by atoms with Crippen LogP contribution in [0.5, 0.6) is 0 Å². The quantitative estimate of drug-likeness (QED) is 0.524. The normalized spacial score (nSPS) is 12.6. The molecule has 0 spiro atoms. The number of aromatic nitrogens is 2. The third-order valence-electron chi connectivity index (χ3n) is 4.77. The number of carboxylic acids is 1. The van der Waals surface area contributed by atoms with E-state index in [1.165, 1.54) is 10.1 Å². The van der Waals surface area contributed by atoms with Crippen molar-refractivity contribution in [1.29, 1.82) is 0 Å². The second kappa shape index (κ2) is 9.22. The number of carbonyl (C=O) groups excluding carboxylic acids is 1. The fraction of sp³-hybridized carbons (Fsp3) is 0.400. The summed E-state index contributed by atoms with van der Waals surface area (Å²) in [6.07, 6.45) is 1.95. The molecule has 0 aromatic carbocycles.